The van der Waals surface area contributed by atoms with E-state index in [0.29, 0.717) is 5.92 Å². The molecule has 1 N–H and O–H groups in total. The summed E-state index contributed by atoms with van der Waals surface area (Å²) >= 11 is 0. The molecular weight excluding hydrogens is 207 g/mol. The van der Waals surface area contributed by atoms with E-state index in [4.69, 9.17) is 4.74 Å². The maximum atomic E-state index is 13.2. The van der Waals surface area contributed by atoms with Gasteiger partial charge < -0.3 is 9.84 Å². The van der Waals surface area contributed by atoms with Gasteiger partial charge in [0.2, 0.25) is 0 Å². The summed E-state index contributed by atoms with van der Waals surface area (Å²) in [5, 5.41) is 9.53. The monoisotopic (exact) mass is 224 g/mol. The van der Waals surface area contributed by atoms with Crippen LogP contribution in [-0.4, -0.2) is 24.9 Å². The maximum Gasteiger partial charge on any atom is 0.123 e. The van der Waals surface area contributed by atoms with Crippen LogP contribution in [0.5, 0.6) is 0 Å². The summed E-state index contributed by atoms with van der Waals surface area (Å²) in [5.41, 5.74) is 0.498. The van der Waals surface area contributed by atoms with Gasteiger partial charge in [0.15, 0.2) is 0 Å². The van der Waals surface area contributed by atoms with E-state index in [1.165, 1.54) is 12.1 Å². The maximum absolute atomic E-state index is 13.2. The molecule has 1 fully saturated rings. The quantitative estimate of drug-likeness (QED) is 0.848. The van der Waals surface area contributed by atoms with Crippen LogP contribution in [0.2, 0.25) is 0 Å². The summed E-state index contributed by atoms with van der Waals surface area (Å²) < 4.78 is 18.3. The van der Waals surface area contributed by atoms with Gasteiger partial charge in [0, 0.05) is 11.3 Å². The van der Waals surface area contributed by atoms with Crippen molar-refractivity contribution < 1.29 is 14.2 Å². The number of ether oxygens (including phenoxy) is 1. The van der Waals surface area contributed by atoms with Gasteiger partial charge >= 0.3 is 0 Å². The number of hydrogen-bond donors (Lipinski definition) is 1. The highest BCUT2D eigenvalue weighted by Crippen LogP contribution is 2.33. The minimum Gasteiger partial charge on any atom is -0.395 e. The molecule has 88 valence electrons. The zero-order valence-corrected chi connectivity index (χ0v) is 9.45. The molecule has 0 bridgehead atoms. The van der Waals surface area contributed by atoms with Crippen LogP contribution < -0.4 is 0 Å². The Morgan fingerprint density at radius 3 is 2.75 bits per heavy atom. The number of aliphatic hydroxyl groups is 1. The molecule has 1 unspecified atom stereocenters. The molecule has 0 amide bonds. The Morgan fingerprint density at radius 2 is 2.25 bits per heavy atom. The molecule has 0 radical (unpaired) electrons. The van der Waals surface area contributed by atoms with Gasteiger partial charge in [-0.1, -0.05) is 19.1 Å². The Morgan fingerprint density at radius 1 is 1.50 bits per heavy atom. The fourth-order valence-corrected chi connectivity index (χ4v) is 2.18. The molecule has 0 spiro atoms. The summed E-state index contributed by atoms with van der Waals surface area (Å²) in [7, 11) is 0. The van der Waals surface area contributed by atoms with Crippen LogP contribution >= 0.6 is 0 Å². The molecule has 1 aliphatic rings. The van der Waals surface area contributed by atoms with Crippen LogP contribution in [0.4, 0.5) is 4.39 Å². The first-order chi connectivity index (χ1) is 7.64. The Hall–Kier alpha value is -0.930. The summed E-state index contributed by atoms with van der Waals surface area (Å²) in [4.78, 5) is 0. The van der Waals surface area contributed by atoms with E-state index < -0.39 is 0 Å². The second-order valence-corrected chi connectivity index (χ2v) is 4.84. The number of halogens is 1. The van der Waals surface area contributed by atoms with Gasteiger partial charge in [-0.25, -0.2) is 4.39 Å². The van der Waals surface area contributed by atoms with Gasteiger partial charge in [0.25, 0.3) is 0 Å². The third kappa shape index (κ3) is 2.25. The van der Waals surface area contributed by atoms with Crippen molar-refractivity contribution in [1.29, 1.82) is 0 Å². The molecule has 0 aliphatic carbocycles. The molecule has 1 aromatic rings. The largest absolute Gasteiger partial charge is 0.395 e. The van der Waals surface area contributed by atoms with Crippen LogP contribution in [0.1, 0.15) is 18.9 Å². The number of benzene rings is 1. The average molecular weight is 224 g/mol. The van der Waals surface area contributed by atoms with Crippen molar-refractivity contribution in [3.05, 3.63) is 35.6 Å². The molecule has 3 heteroatoms. The van der Waals surface area contributed by atoms with E-state index in [1.54, 1.807) is 6.07 Å². The van der Waals surface area contributed by atoms with Crippen molar-refractivity contribution in [2.75, 3.05) is 19.8 Å². The SMILES string of the molecule is CC(CO)(CC1COC1)c1cccc(F)c1. The van der Waals surface area contributed by atoms with Crippen LogP contribution in [-0.2, 0) is 10.2 Å². The Kier molecular flexibility index (Phi) is 3.26. The van der Waals surface area contributed by atoms with Crippen LogP contribution in [0.3, 0.4) is 0 Å². The first kappa shape index (κ1) is 11.6. The Bertz CT molecular complexity index is 363. The summed E-state index contributed by atoms with van der Waals surface area (Å²) in [6.07, 6.45) is 0.840. The van der Waals surface area contributed by atoms with Crippen molar-refractivity contribution in [1.82, 2.24) is 0 Å². The average Bonchev–Trinajstić information content (AvgIpc) is 2.23. The number of rotatable bonds is 4. The molecule has 1 heterocycles. The Balaban J connectivity index is 2.18. The molecular formula is C13H17FO2. The minimum atomic E-state index is -0.365. The van der Waals surface area contributed by atoms with Crippen LogP contribution in [0, 0.1) is 11.7 Å². The lowest BCUT2D eigenvalue weighted by atomic mass is 9.75. The second kappa shape index (κ2) is 4.52. The minimum absolute atomic E-state index is 0.0347. The molecule has 2 nitrogen and oxygen atoms in total. The van der Waals surface area contributed by atoms with Gasteiger partial charge in [-0.3, -0.25) is 0 Å². The van der Waals surface area contributed by atoms with E-state index >= 15 is 0 Å². The van der Waals surface area contributed by atoms with E-state index in [1.807, 2.05) is 13.0 Å². The number of aliphatic hydroxyl groups excluding tert-OH is 1. The van der Waals surface area contributed by atoms with Crippen molar-refractivity contribution in [2.24, 2.45) is 5.92 Å². The summed E-state index contributed by atoms with van der Waals surface area (Å²) in [6, 6.07) is 6.50. The molecule has 0 aromatic heterocycles. The lowest BCUT2D eigenvalue weighted by Crippen LogP contribution is -2.37. The normalized spacial score (nSPS) is 20.2. The predicted molar refractivity (Wildman–Crippen MR) is 59.8 cm³/mol. The highest BCUT2D eigenvalue weighted by atomic mass is 19.1. The first-order valence-corrected chi connectivity index (χ1v) is 5.59. The second-order valence-electron chi connectivity index (χ2n) is 4.84. The zero-order valence-electron chi connectivity index (χ0n) is 9.45. The van der Waals surface area contributed by atoms with E-state index in [0.717, 1.165) is 25.2 Å². The van der Waals surface area contributed by atoms with E-state index in [-0.39, 0.29) is 17.8 Å². The Labute approximate surface area is 95.1 Å². The number of hydrogen-bond acceptors (Lipinski definition) is 2. The fraction of sp³-hybridized carbons (Fsp3) is 0.538. The van der Waals surface area contributed by atoms with E-state index in [9.17, 15) is 9.50 Å². The highest BCUT2D eigenvalue weighted by Gasteiger charge is 2.32. The standard InChI is InChI=1S/C13H17FO2/c1-13(9-15,6-10-7-16-8-10)11-3-2-4-12(14)5-11/h2-5,10,15H,6-9H2,1H3. The predicted octanol–water partition coefficient (Wildman–Crippen LogP) is 2.11. The highest BCUT2D eigenvalue weighted by molar-refractivity contribution is 5.25. The van der Waals surface area contributed by atoms with Crippen molar-refractivity contribution in [3.8, 4) is 0 Å². The molecule has 1 saturated heterocycles. The molecule has 2 rings (SSSR count). The van der Waals surface area contributed by atoms with Gasteiger partial charge in [-0.05, 0) is 24.1 Å². The molecule has 16 heavy (non-hydrogen) atoms. The van der Waals surface area contributed by atoms with E-state index in [2.05, 4.69) is 0 Å². The topological polar surface area (TPSA) is 29.5 Å². The third-order valence-electron chi connectivity index (χ3n) is 3.32. The van der Waals surface area contributed by atoms with Gasteiger partial charge in [-0.15, -0.1) is 0 Å². The van der Waals surface area contributed by atoms with Gasteiger partial charge in [0.05, 0.1) is 19.8 Å². The third-order valence-corrected chi connectivity index (χ3v) is 3.32. The van der Waals surface area contributed by atoms with Crippen molar-refractivity contribution in [3.63, 3.8) is 0 Å². The smallest absolute Gasteiger partial charge is 0.123 e. The van der Waals surface area contributed by atoms with Crippen LogP contribution in [0.15, 0.2) is 24.3 Å². The molecule has 1 aliphatic heterocycles. The summed E-state index contributed by atoms with van der Waals surface area (Å²) in [6.45, 7) is 3.52. The molecule has 1 aromatic carbocycles. The van der Waals surface area contributed by atoms with Gasteiger partial charge in [-0.2, -0.15) is 0 Å². The molecule has 1 atom stereocenters. The summed E-state index contributed by atoms with van der Waals surface area (Å²) in [5.74, 6) is 0.238. The first-order valence-electron chi connectivity index (χ1n) is 5.59. The fourth-order valence-electron chi connectivity index (χ4n) is 2.18. The van der Waals surface area contributed by atoms with Crippen LogP contribution in [0.25, 0.3) is 0 Å². The van der Waals surface area contributed by atoms with Crippen molar-refractivity contribution in [2.45, 2.75) is 18.8 Å². The zero-order chi connectivity index (χ0) is 11.6. The lowest BCUT2D eigenvalue weighted by Gasteiger charge is -2.36. The van der Waals surface area contributed by atoms with Gasteiger partial charge in [0.1, 0.15) is 5.82 Å². The molecule has 0 saturated carbocycles. The lowest BCUT2D eigenvalue weighted by molar-refractivity contribution is -0.0485. The van der Waals surface area contributed by atoms with Crippen molar-refractivity contribution >= 4 is 0 Å².